The van der Waals surface area contributed by atoms with E-state index in [-0.39, 0.29) is 11.6 Å². The van der Waals surface area contributed by atoms with Gasteiger partial charge in [-0.3, -0.25) is 9.78 Å². The number of pyridine rings is 1. The molecule has 0 N–H and O–H groups in total. The second-order valence-corrected chi connectivity index (χ2v) is 4.70. The minimum atomic E-state index is -0.302. The fraction of sp³-hybridized carbons (Fsp3) is 0.0588. The van der Waals surface area contributed by atoms with Crippen LogP contribution in [0.3, 0.4) is 0 Å². The third-order valence-corrected chi connectivity index (χ3v) is 3.35. The standard InChI is InChI=1S/C17H12FNO/c1-11-9-12(5-6-16(11)18)17(20)15-4-2-3-13-10-19-8-7-14(13)15/h2-10H,1H3. The molecule has 0 aliphatic carbocycles. The number of ketones is 1. The average molecular weight is 265 g/mol. The third-order valence-electron chi connectivity index (χ3n) is 3.35. The first-order chi connectivity index (χ1) is 9.66. The smallest absolute Gasteiger partial charge is 0.193 e. The number of hydrogen-bond donors (Lipinski definition) is 0. The highest BCUT2D eigenvalue weighted by molar-refractivity contribution is 6.16. The van der Waals surface area contributed by atoms with Crippen molar-refractivity contribution >= 4 is 16.6 Å². The lowest BCUT2D eigenvalue weighted by Gasteiger charge is -2.06. The van der Waals surface area contributed by atoms with Crippen LogP contribution >= 0.6 is 0 Å². The molecule has 0 aliphatic heterocycles. The molecule has 0 atom stereocenters. The first-order valence-electron chi connectivity index (χ1n) is 6.30. The van der Waals surface area contributed by atoms with Crippen molar-refractivity contribution in [3.8, 4) is 0 Å². The third kappa shape index (κ3) is 2.07. The molecule has 0 amide bonds. The van der Waals surface area contributed by atoms with Gasteiger partial charge in [0.1, 0.15) is 5.82 Å². The molecule has 20 heavy (non-hydrogen) atoms. The van der Waals surface area contributed by atoms with Gasteiger partial charge in [0.05, 0.1) is 0 Å². The summed E-state index contributed by atoms with van der Waals surface area (Å²) in [5.41, 5.74) is 1.57. The summed E-state index contributed by atoms with van der Waals surface area (Å²) < 4.78 is 13.3. The van der Waals surface area contributed by atoms with E-state index in [1.807, 2.05) is 18.2 Å². The summed E-state index contributed by atoms with van der Waals surface area (Å²) in [5, 5.41) is 1.77. The van der Waals surface area contributed by atoms with Crippen LogP contribution in [-0.2, 0) is 0 Å². The van der Waals surface area contributed by atoms with Crippen molar-refractivity contribution < 1.29 is 9.18 Å². The predicted octanol–water partition coefficient (Wildman–Crippen LogP) is 3.91. The zero-order chi connectivity index (χ0) is 14.1. The Balaban J connectivity index is 2.15. The topological polar surface area (TPSA) is 30.0 Å². The quantitative estimate of drug-likeness (QED) is 0.657. The van der Waals surface area contributed by atoms with Crippen molar-refractivity contribution in [2.45, 2.75) is 6.92 Å². The van der Waals surface area contributed by atoms with E-state index in [2.05, 4.69) is 4.98 Å². The van der Waals surface area contributed by atoms with Crippen LogP contribution in [0, 0.1) is 12.7 Å². The maximum atomic E-state index is 13.3. The maximum absolute atomic E-state index is 13.3. The molecule has 2 nitrogen and oxygen atoms in total. The first kappa shape index (κ1) is 12.5. The summed E-state index contributed by atoms with van der Waals surface area (Å²) in [6.07, 6.45) is 3.39. The molecule has 0 bridgehead atoms. The fourth-order valence-corrected chi connectivity index (χ4v) is 2.26. The van der Waals surface area contributed by atoms with E-state index in [1.54, 1.807) is 31.5 Å². The lowest BCUT2D eigenvalue weighted by Crippen LogP contribution is -2.03. The molecule has 1 heterocycles. The number of fused-ring (bicyclic) bond motifs is 1. The Morgan fingerprint density at radius 3 is 2.80 bits per heavy atom. The Hall–Kier alpha value is -2.55. The molecule has 0 saturated heterocycles. The number of carbonyl (C=O) groups excluding carboxylic acids is 1. The van der Waals surface area contributed by atoms with Gasteiger partial charge in [0.2, 0.25) is 0 Å². The van der Waals surface area contributed by atoms with Gasteiger partial charge in [-0.25, -0.2) is 4.39 Å². The van der Waals surface area contributed by atoms with Crippen molar-refractivity contribution in [1.29, 1.82) is 0 Å². The highest BCUT2D eigenvalue weighted by Crippen LogP contribution is 2.21. The molecule has 2 aromatic carbocycles. The number of nitrogens with zero attached hydrogens (tertiary/aromatic N) is 1. The largest absolute Gasteiger partial charge is 0.289 e. The molecule has 3 heteroatoms. The Labute approximate surface area is 115 Å². The van der Waals surface area contributed by atoms with E-state index < -0.39 is 0 Å². The monoisotopic (exact) mass is 265 g/mol. The number of rotatable bonds is 2. The normalized spacial score (nSPS) is 10.7. The summed E-state index contributed by atoms with van der Waals surface area (Å²) in [5.74, 6) is -0.409. The zero-order valence-corrected chi connectivity index (χ0v) is 10.9. The van der Waals surface area contributed by atoms with Crippen molar-refractivity contribution in [3.63, 3.8) is 0 Å². The van der Waals surface area contributed by atoms with E-state index in [0.29, 0.717) is 16.7 Å². The number of carbonyl (C=O) groups is 1. The lowest BCUT2D eigenvalue weighted by molar-refractivity contribution is 0.104. The van der Waals surface area contributed by atoms with Crippen molar-refractivity contribution in [2.75, 3.05) is 0 Å². The van der Waals surface area contributed by atoms with Crippen molar-refractivity contribution in [2.24, 2.45) is 0 Å². The van der Waals surface area contributed by atoms with Crippen LogP contribution in [0.2, 0.25) is 0 Å². The van der Waals surface area contributed by atoms with Gasteiger partial charge in [-0.05, 0) is 42.1 Å². The van der Waals surface area contributed by atoms with Gasteiger partial charge in [0, 0.05) is 28.9 Å². The number of hydrogen-bond acceptors (Lipinski definition) is 2. The number of halogens is 1. The number of aryl methyl sites for hydroxylation is 1. The predicted molar refractivity (Wildman–Crippen MR) is 76.3 cm³/mol. The molecule has 1 aromatic heterocycles. The number of aromatic nitrogens is 1. The second-order valence-electron chi connectivity index (χ2n) is 4.70. The van der Waals surface area contributed by atoms with E-state index in [1.165, 1.54) is 12.1 Å². The summed E-state index contributed by atoms with van der Waals surface area (Å²) in [6.45, 7) is 1.65. The zero-order valence-electron chi connectivity index (χ0n) is 10.9. The molecule has 0 saturated carbocycles. The van der Waals surface area contributed by atoms with Gasteiger partial charge in [-0.1, -0.05) is 18.2 Å². The van der Waals surface area contributed by atoms with Crippen molar-refractivity contribution in [3.05, 3.63) is 77.4 Å². The summed E-state index contributed by atoms with van der Waals surface area (Å²) >= 11 is 0. The van der Waals surface area contributed by atoms with Gasteiger partial charge in [-0.15, -0.1) is 0 Å². The maximum Gasteiger partial charge on any atom is 0.193 e. The summed E-state index contributed by atoms with van der Waals surface area (Å²) in [4.78, 5) is 16.6. The van der Waals surface area contributed by atoms with E-state index in [4.69, 9.17) is 0 Å². The van der Waals surface area contributed by atoms with Gasteiger partial charge >= 0.3 is 0 Å². The van der Waals surface area contributed by atoms with Crippen LogP contribution in [0.15, 0.2) is 54.9 Å². The van der Waals surface area contributed by atoms with Crippen LogP contribution < -0.4 is 0 Å². The molecule has 3 aromatic rings. The molecule has 0 fully saturated rings. The Bertz CT molecular complexity index is 806. The molecule has 0 spiro atoms. The Kier molecular flexibility index (Phi) is 3.03. The van der Waals surface area contributed by atoms with Crippen LogP contribution in [0.5, 0.6) is 0 Å². The Morgan fingerprint density at radius 2 is 2.00 bits per heavy atom. The summed E-state index contributed by atoms with van der Waals surface area (Å²) in [7, 11) is 0. The van der Waals surface area contributed by atoms with Crippen LogP contribution in [0.1, 0.15) is 21.5 Å². The highest BCUT2D eigenvalue weighted by Gasteiger charge is 2.13. The molecular formula is C17H12FNO. The minimum absolute atomic E-state index is 0.107. The van der Waals surface area contributed by atoms with E-state index in [0.717, 1.165) is 10.8 Å². The fourth-order valence-electron chi connectivity index (χ4n) is 2.26. The molecule has 98 valence electrons. The average Bonchev–Trinajstić information content (AvgIpc) is 2.49. The SMILES string of the molecule is Cc1cc(C(=O)c2cccc3cnccc23)ccc1F. The molecule has 0 radical (unpaired) electrons. The molecule has 0 unspecified atom stereocenters. The first-order valence-corrected chi connectivity index (χ1v) is 6.30. The lowest BCUT2D eigenvalue weighted by atomic mass is 9.97. The van der Waals surface area contributed by atoms with Gasteiger partial charge in [-0.2, -0.15) is 0 Å². The van der Waals surface area contributed by atoms with Gasteiger partial charge in [0.15, 0.2) is 5.78 Å². The van der Waals surface area contributed by atoms with Gasteiger partial charge < -0.3 is 0 Å². The van der Waals surface area contributed by atoms with E-state index >= 15 is 0 Å². The minimum Gasteiger partial charge on any atom is -0.289 e. The molecule has 0 aliphatic rings. The van der Waals surface area contributed by atoms with Crippen molar-refractivity contribution in [1.82, 2.24) is 4.98 Å². The summed E-state index contributed by atoms with van der Waals surface area (Å²) in [6, 6.07) is 11.8. The number of benzene rings is 2. The molecule has 3 rings (SSSR count). The second kappa shape index (κ2) is 4.85. The van der Waals surface area contributed by atoms with Crippen LogP contribution in [0.25, 0.3) is 10.8 Å². The van der Waals surface area contributed by atoms with Gasteiger partial charge in [0.25, 0.3) is 0 Å². The Morgan fingerprint density at radius 1 is 1.15 bits per heavy atom. The highest BCUT2D eigenvalue weighted by atomic mass is 19.1. The van der Waals surface area contributed by atoms with Crippen LogP contribution in [-0.4, -0.2) is 10.8 Å². The van der Waals surface area contributed by atoms with E-state index in [9.17, 15) is 9.18 Å². The molecular weight excluding hydrogens is 253 g/mol. The van der Waals surface area contributed by atoms with Crippen LogP contribution in [0.4, 0.5) is 4.39 Å².